The summed E-state index contributed by atoms with van der Waals surface area (Å²) in [6, 6.07) is 7.36. The zero-order valence-electron chi connectivity index (χ0n) is 12.9. The molecule has 0 atom stereocenters. The predicted molar refractivity (Wildman–Crippen MR) is 95.7 cm³/mol. The van der Waals surface area contributed by atoms with Gasteiger partial charge < -0.3 is 5.32 Å². The summed E-state index contributed by atoms with van der Waals surface area (Å²) in [7, 11) is 0. The standard InChI is InChI=1S/C16H15N3O2S2/c1-8-6-12(9(2)22-8)15(21)19-16-18-13-5-4-11(17-10(3)20)7-14(13)23-16/h4-7H,1-3H3,(H,17,20)(H,18,19,21). The third-order valence-corrected chi connectivity index (χ3v) is 5.11. The van der Waals surface area contributed by atoms with E-state index in [-0.39, 0.29) is 11.8 Å². The number of carbonyl (C=O) groups is 2. The molecule has 118 valence electrons. The number of hydrogen-bond acceptors (Lipinski definition) is 5. The normalized spacial score (nSPS) is 10.7. The highest BCUT2D eigenvalue weighted by molar-refractivity contribution is 7.22. The molecule has 2 amide bonds. The molecule has 0 aliphatic rings. The fraction of sp³-hybridized carbons (Fsp3) is 0.188. The van der Waals surface area contributed by atoms with Crippen molar-refractivity contribution in [2.75, 3.05) is 10.6 Å². The molecule has 0 spiro atoms. The average Bonchev–Trinajstić information content (AvgIpc) is 2.99. The number of thiophene rings is 1. The van der Waals surface area contributed by atoms with Crippen LogP contribution in [0.2, 0.25) is 0 Å². The van der Waals surface area contributed by atoms with Crippen LogP contribution in [0.25, 0.3) is 10.2 Å². The topological polar surface area (TPSA) is 71.1 Å². The number of carbonyl (C=O) groups excluding carboxylic acids is 2. The maximum absolute atomic E-state index is 12.3. The van der Waals surface area contributed by atoms with Gasteiger partial charge in [0, 0.05) is 22.4 Å². The Morgan fingerprint density at radius 1 is 1.09 bits per heavy atom. The smallest absolute Gasteiger partial charge is 0.258 e. The Bertz CT molecular complexity index is 911. The third kappa shape index (κ3) is 3.40. The molecule has 23 heavy (non-hydrogen) atoms. The molecule has 0 aliphatic carbocycles. The molecule has 0 saturated heterocycles. The molecule has 7 heteroatoms. The van der Waals surface area contributed by atoms with E-state index in [1.54, 1.807) is 17.4 Å². The number of aromatic nitrogens is 1. The molecule has 2 N–H and O–H groups in total. The summed E-state index contributed by atoms with van der Waals surface area (Å²) in [5.41, 5.74) is 2.19. The van der Waals surface area contributed by atoms with Gasteiger partial charge in [0.25, 0.3) is 5.91 Å². The number of thiazole rings is 1. The first-order valence-corrected chi connectivity index (χ1v) is 8.62. The highest BCUT2D eigenvalue weighted by Crippen LogP contribution is 2.29. The van der Waals surface area contributed by atoms with Crippen LogP contribution < -0.4 is 10.6 Å². The van der Waals surface area contributed by atoms with Gasteiger partial charge in [-0.15, -0.1) is 11.3 Å². The van der Waals surface area contributed by atoms with Gasteiger partial charge in [0.15, 0.2) is 5.13 Å². The quantitative estimate of drug-likeness (QED) is 0.748. The fourth-order valence-electron chi connectivity index (χ4n) is 2.28. The highest BCUT2D eigenvalue weighted by atomic mass is 32.1. The van der Waals surface area contributed by atoms with Gasteiger partial charge in [0.2, 0.25) is 5.91 Å². The maximum atomic E-state index is 12.3. The van der Waals surface area contributed by atoms with Gasteiger partial charge in [-0.2, -0.15) is 0 Å². The van der Waals surface area contributed by atoms with Crippen LogP contribution in [0.3, 0.4) is 0 Å². The number of anilines is 2. The Labute approximate surface area is 141 Å². The minimum absolute atomic E-state index is 0.120. The molecular weight excluding hydrogens is 330 g/mol. The van der Waals surface area contributed by atoms with Crippen LogP contribution in [-0.2, 0) is 4.79 Å². The molecule has 0 unspecified atom stereocenters. The molecule has 0 aliphatic heterocycles. The van der Waals surface area contributed by atoms with Crippen molar-refractivity contribution in [3.05, 3.63) is 39.6 Å². The van der Waals surface area contributed by atoms with Gasteiger partial charge in [-0.1, -0.05) is 11.3 Å². The number of rotatable bonds is 3. The number of nitrogens with zero attached hydrogens (tertiary/aromatic N) is 1. The SMILES string of the molecule is CC(=O)Nc1ccc2nc(NC(=O)c3cc(C)sc3C)sc2c1. The van der Waals surface area contributed by atoms with E-state index in [0.717, 1.165) is 25.7 Å². The summed E-state index contributed by atoms with van der Waals surface area (Å²) < 4.78 is 0.907. The van der Waals surface area contributed by atoms with Gasteiger partial charge in [-0.05, 0) is 38.1 Å². The summed E-state index contributed by atoms with van der Waals surface area (Å²) in [6.45, 7) is 5.38. The van der Waals surface area contributed by atoms with Crippen molar-refractivity contribution >= 4 is 55.5 Å². The Hall–Kier alpha value is -2.25. The van der Waals surface area contributed by atoms with Gasteiger partial charge >= 0.3 is 0 Å². The Morgan fingerprint density at radius 3 is 2.52 bits per heavy atom. The second kappa shape index (κ2) is 6.10. The van der Waals surface area contributed by atoms with Crippen LogP contribution >= 0.6 is 22.7 Å². The average molecular weight is 345 g/mol. The molecule has 0 fully saturated rings. The van der Waals surface area contributed by atoms with Crippen LogP contribution in [0.15, 0.2) is 24.3 Å². The Kier molecular flexibility index (Phi) is 4.14. The predicted octanol–water partition coefficient (Wildman–Crippen LogP) is 4.19. The van der Waals surface area contributed by atoms with Crippen LogP contribution in [0.4, 0.5) is 10.8 Å². The molecule has 1 aromatic carbocycles. The van der Waals surface area contributed by atoms with Crippen LogP contribution in [0.1, 0.15) is 27.0 Å². The van der Waals surface area contributed by atoms with E-state index in [2.05, 4.69) is 15.6 Å². The number of amides is 2. The number of aryl methyl sites for hydroxylation is 2. The van der Waals surface area contributed by atoms with Crippen molar-refractivity contribution in [1.29, 1.82) is 0 Å². The Balaban J connectivity index is 1.84. The first-order chi connectivity index (χ1) is 10.9. The summed E-state index contributed by atoms with van der Waals surface area (Å²) >= 11 is 2.99. The van der Waals surface area contributed by atoms with Gasteiger partial charge in [0.05, 0.1) is 15.8 Å². The van der Waals surface area contributed by atoms with E-state index in [1.165, 1.54) is 18.3 Å². The minimum Gasteiger partial charge on any atom is -0.326 e. The number of fused-ring (bicyclic) bond motifs is 1. The van der Waals surface area contributed by atoms with Crippen LogP contribution in [0.5, 0.6) is 0 Å². The molecule has 0 bridgehead atoms. The van der Waals surface area contributed by atoms with E-state index in [4.69, 9.17) is 0 Å². The second-order valence-electron chi connectivity index (χ2n) is 5.16. The number of benzene rings is 1. The van der Waals surface area contributed by atoms with Crippen molar-refractivity contribution in [1.82, 2.24) is 4.98 Å². The number of nitrogens with one attached hydrogen (secondary N) is 2. The molecule has 3 rings (SSSR count). The first kappa shape index (κ1) is 15.6. The lowest BCUT2D eigenvalue weighted by Gasteiger charge is -1.99. The third-order valence-electron chi connectivity index (χ3n) is 3.21. The van der Waals surface area contributed by atoms with Crippen molar-refractivity contribution in [2.45, 2.75) is 20.8 Å². The zero-order valence-corrected chi connectivity index (χ0v) is 14.5. The van der Waals surface area contributed by atoms with Gasteiger partial charge in [0.1, 0.15) is 0 Å². The van der Waals surface area contributed by atoms with Crippen molar-refractivity contribution in [3.8, 4) is 0 Å². The maximum Gasteiger partial charge on any atom is 0.258 e. The van der Waals surface area contributed by atoms with E-state index in [0.29, 0.717) is 10.7 Å². The van der Waals surface area contributed by atoms with Crippen molar-refractivity contribution in [3.63, 3.8) is 0 Å². The van der Waals surface area contributed by atoms with Gasteiger partial charge in [-0.3, -0.25) is 14.9 Å². The van der Waals surface area contributed by atoms with E-state index >= 15 is 0 Å². The van der Waals surface area contributed by atoms with E-state index in [1.807, 2.05) is 32.0 Å². The number of hydrogen-bond donors (Lipinski definition) is 2. The van der Waals surface area contributed by atoms with Crippen molar-refractivity contribution in [2.24, 2.45) is 0 Å². The van der Waals surface area contributed by atoms with Gasteiger partial charge in [-0.25, -0.2) is 4.98 Å². The summed E-state index contributed by atoms with van der Waals surface area (Å²) in [6.07, 6.45) is 0. The molecule has 0 radical (unpaired) electrons. The first-order valence-electron chi connectivity index (χ1n) is 6.99. The van der Waals surface area contributed by atoms with Crippen LogP contribution in [0, 0.1) is 13.8 Å². The lowest BCUT2D eigenvalue weighted by molar-refractivity contribution is -0.114. The molecule has 2 aromatic heterocycles. The monoisotopic (exact) mass is 345 g/mol. The van der Waals surface area contributed by atoms with Crippen LogP contribution in [-0.4, -0.2) is 16.8 Å². The minimum atomic E-state index is -0.145. The lowest BCUT2D eigenvalue weighted by atomic mass is 10.2. The second-order valence-corrected chi connectivity index (χ2v) is 7.65. The molecule has 5 nitrogen and oxygen atoms in total. The molecule has 3 aromatic rings. The lowest BCUT2D eigenvalue weighted by Crippen LogP contribution is -2.11. The van der Waals surface area contributed by atoms with E-state index < -0.39 is 0 Å². The Morgan fingerprint density at radius 2 is 1.87 bits per heavy atom. The molecular formula is C16H15N3O2S2. The molecule has 0 saturated carbocycles. The molecule has 2 heterocycles. The summed E-state index contributed by atoms with van der Waals surface area (Å²) in [4.78, 5) is 30.0. The van der Waals surface area contributed by atoms with Crippen molar-refractivity contribution < 1.29 is 9.59 Å². The summed E-state index contributed by atoms with van der Waals surface area (Å²) in [5, 5.41) is 6.14. The zero-order chi connectivity index (χ0) is 16.6. The highest BCUT2D eigenvalue weighted by Gasteiger charge is 2.14. The summed E-state index contributed by atoms with van der Waals surface area (Å²) in [5.74, 6) is -0.265. The fourth-order valence-corrected chi connectivity index (χ4v) is 4.10. The van der Waals surface area contributed by atoms with E-state index in [9.17, 15) is 9.59 Å². The largest absolute Gasteiger partial charge is 0.326 e.